The first-order chi connectivity index (χ1) is 8.12. The van der Waals surface area contributed by atoms with Gasteiger partial charge in [-0.05, 0) is 26.8 Å². The molecule has 1 N–H and O–H groups in total. The molecule has 4 nitrogen and oxygen atoms in total. The Labute approximate surface area is 104 Å². The van der Waals surface area contributed by atoms with Gasteiger partial charge in [0.05, 0.1) is 0 Å². The minimum Gasteiger partial charge on any atom is -0.337 e. The second-order valence-corrected chi connectivity index (χ2v) is 5.29. The second kappa shape index (κ2) is 4.78. The van der Waals surface area contributed by atoms with Crippen LogP contribution in [0.1, 0.15) is 20.3 Å². The molecule has 2 aliphatic rings. The van der Waals surface area contributed by atoms with Crippen LogP contribution in [0.2, 0.25) is 0 Å². The van der Waals surface area contributed by atoms with Crippen LogP contribution in [0, 0.1) is 0 Å². The molecule has 0 unspecified atom stereocenters. The summed E-state index contributed by atoms with van der Waals surface area (Å²) in [6.45, 7) is 12.3. The lowest BCUT2D eigenvalue weighted by Crippen LogP contribution is -2.67. The van der Waals surface area contributed by atoms with Gasteiger partial charge in [0.2, 0.25) is 5.91 Å². The third-order valence-corrected chi connectivity index (χ3v) is 3.98. The van der Waals surface area contributed by atoms with Gasteiger partial charge in [-0.1, -0.05) is 6.08 Å². The van der Waals surface area contributed by atoms with E-state index in [4.69, 9.17) is 0 Å². The van der Waals surface area contributed by atoms with Gasteiger partial charge in [0.15, 0.2) is 0 Å². The molecule has 0 bridgehead atoms. The van der Waals surface area contributed by atoms with Gasteiger partial charge >= 0.3 is 0 Å². The van der Waals surface area contributed by atoms with Crippen molar-refractivity contribution in [2.24, 2.45) is 0 Å². The van der Waals surface area contributed by atoms with Crippen molar-refractivity contribution in [3.05, 3.63) is 12.7 Å². The highest BCUT2D eigenvalue weighted by atomic mass is 16.2. The molecule has 2 fully saturated rings. The van der Waals surface area contributed by atoms with E-state index >= 15 is 0 Å². The SMILES string of the molecule is C=CCN1CCN(C(C)C)C(=O)[C@@]12CCNC2. The monoisotopic (exact) mass is 237 g/mol. The fraction of sp³-hybridized carbons (Fsp3) is 0.769. The molecule has 17 heavy (non-hydrogen) atoms. The number of nitrogens with one attached hydrogen (secondary N) is 1. The molecule has 2 saturated heterocycles. The third kappa shape index (κ3) is 2.00. The standard InChI is InChI=1S/C13H23N3O/c1-4-7-15-8-9-16(11(2)3)12(17)13(15)5-6-14-10-13/h4,11,14H,1,5-10H2,2-3H3/t13-/m0/s1. The van der Waals surface area contributed by atoms with Gasteiger partial charge in [-0.25, -0.2) is 0 Å². The Bertz CT molecular complexity index is 308. The molecule has 2 rings (SSSR count). The molecule has 2 aliphatic heterocycles. The van der Waals surface area contributed by atoms with Crippen LogP contribution >= 0.6 is 0 Å². The lowest BCUT2D eigenvalue weighted by atomic mass is 9.90. The Hall–Kier alpha value is -0.870. The van der Waals surface area contributed by atoms with E-state index in [1.165, 1.54) is 0 Å². The highest BCUT2D eigenvalue weighted by Gasteiger charge is 2.50. The Morgan fingerprint density at radius 2 is 2.29 bits per heavy atom. The summed E-state index contributed by atoms with van der Waals surface area (Å²) in [5.74, 6) is 0.297. The minimum absolute atomic E-state index is 0.297. The van der Waals surface area contributed by atoms with Crippen LogP contribution in [0.25, 0.3) is 0 Å². The average Bonchev–Trinajstić information content (AvgIpc) is 2.75. The number of piperazine rings is 1. The zero-order valence-electron chi connectivity index (χ0n) is 10.9. The first-order valence-corrected chi connectivity index (χ1v) is 6.49. The first kappa shape index (κ1) is 12.6. The van der Waals surface area contributed by atoms with Gasteiger partial charge in [0, 0.05) is 32.2 Å². The van der Waals surface area contributed by atoms with Crippen molar-refractivity contribution < 1.29 is 4.79 Å². The van der Waals surface area contributed by atoms with Crippen molar-refractivity contribution in [2.75, 3.05) is 32.7 Å². The first-order valence-electron chi connectivity index (χ1n) is 6.49. The third-order valence-electron chi connectivity index (χ3n) is 3.98. The van der Waals surface area contributed by atoms with E-state index < -0.39 is 0 Å². The summed E-state index contributed by atoms with van der Waals surface area (Å²) in [5, 5.41) is 3.34. The summed E-state index contributed by atoms with van der Waals surface area (Å²) >= 11 is 0. The number of rotatable bonds is 3. The maximum absolute atomic E-state index is 12.7. The maximum atomic E-state index is 12.7. The summed E-state index contributed by atoms with van der Waals surface area (Å²) in [6, 6.07) is 0.297. The van der Waals surface area contributed by atoms with E-state index in [1.807, 2.05) is 11.0 Å². The van der Waals surface area contributed by atoms with E-state index in [1.54, 1.807) is 0 Å². The van der Waals surface area contributed by atoms with Gasteiger partial charge in [0.25, 0.3) is 0 Å². The topological polar surface area (TPSA) is 35.6 Å². The molecule has 0 saturated carbocycles. The van der Waals surface area contributed by atoms with E-state index in [9.17, 15) is 4.79 Å². The van der Waals surface area contributed by atoms with Crippen LogP contribution in [0.4, 0.5) is 0 Å². The highest BCUT2D eigenvalue weighted by molar-refractivity contribution is 5.88. The molecule has 0 aromatic rings. The average molecular weight is 237 g/mol. The minimum atomic E-state index is -0.309. The fourth-order valence-corrected chi connectivity index (χ4v) is 2.99. The zero-order chi connectivity index (χ0) is 12.5. The highest BCUT2D eigenvalue weighted by Crippen LogP contribution is 2.30. The number of carbonyl (C=O) groups excluding carboxylic acids is 1. The van der Waals surface area contributed by atoms with Crippen molar-refractivity contribution in [1.82, 2.24) is 15.1 Å². The van der Waals surface area contributed by atoms with Crippen LogP contribution in [-0.4, -0.2) is 60.0 Å². The van der Waals surface area contributed by atoms with Gasteiger partial charge in [-0.2, -0.15) is 0 Å². The summed E-state index contributed by atoms with van der Waals surface area (Å²) in [7, 11) is 0. The van der Waals surface area contributed by atoms with Crippen LogP contribution in [0.5, 0.6) is 0 Å². The molecule has 96 valence electrons. The van der Waals surface area contributed by atoms with Crippen molar-refractivity contribution in [3.8, 4) is 0 Å². The molecule has 4 heteroatoms. The second-order valence-electron chi connectivity index (χ2n) is 5.29. The molecule has 2 heterocycles. The van der Waals surface area contributed by atoms with Crippen molar-refractivity contribution >= 4 is 5.91 Å². The lowest BCUT2D eigenvalue weighted by Gasteiger charge is -2.48. The molecule has 0 radical (unpaired) electrons. The van der Waals surface area contributed by atoms with Gasteiger partial charge in [-0.3, -0.25) is 9.69 Å². The van der Waals surface area contributed by atoms with Crippen LogP contribution in [0.3, 0.4) is 0 Å². The number of amides is 1. The molecular formula is C13H23N3O. The quantitative estimate of drug-likeness (QED) is 0.724. The molecule has 1 amide bonds. The predicted octanol–water partition coefficient (Wildman–Crippen LogP) is 0.457. The van der Waals surface area contributed by atoms with Gasteiger partial charge in [0.1, 0.15) is 5.54 Å². The Morgan fingerprint density at radius 1 is 1.53 bits per heavy atom. The largest absolute Gasteiger partial charge is 0.337 e. The fourth-order valence-electron chi connectivity index (χ4n) is 2.99. The summed E-state index contributed by atoms with van der Waals surface area (Å²) in [4.78, 5) is 17.0. The van der Waals surface area contributed by atoms with Crippen LogP contribution < -0.4 is 5.32 Å². The smallest absolute Gasteiger partial charge is 0.244 e. The van der Waals surface area contributed by atoms with E-state index in [0.29, 0.717) is 11.9 Å². The van der Waals surface area contributed by atoms with Crippen LogP contribution in [0.15, 0.2) is 12.7 Å². The molecule has 1 atom stereocenters. The number of hydrogen-bond donors (Lipinski definition) is 1. The zero-order valence-corrected chi connectivity index (χ0v) is 10.9. The van der Waals surface area contributed by atoms with Gasteiger partial charge in [-0.15, -0.1) is 6.58 Å². The Morgan fingerprint density at radius 3 is 2.82 bits per heavy atom. The molecule has 0 aliphatic carbocycles. The Kier molecular flexibility index (Phi) is 3.54. The van der Waals surface area contributed by atoms with E-state index in [2.05, 4.69) is 30.6 Å². The molecular weight excluding hydrogens is 214 g/mol. The van der Waals surface area contributed by atoms with Crippen molar-refractivity contribution in [1.29, 1.82) is 0 Å². The lowest BCUT2D eigenvalue weighted by molar-refractivity contribution is -0.151. The number of carbonyl (C=O) groups is 1. The summed E-state index contributed by atoms with van der Waals surface area (Å²) < 4.78 is 0. The van der Waals surface area contributed by atoms with Crippen molar-refractivity contribution in [2.45, 2.75) is 31.8 Å². The van der Waals surface area contributed by atoms with Crippen LogP contribution in [-0.2, 0) is 4.79 Å². The number of hydrogen-bond acceptors (Lipinski definition) is 3. The maximum Gasteiger partial charge on any atom is 0.244 e. The predicted molar refractivity (Wildman–Crippen MR) is 68.8 cm³/mol. The van der Waals surface area contributed by atoms with Gasteiger partial charge < -0.3 is 10.2 Å². The molecule has 1 spiro atoms. The molecule has 0 aromatic heterocycles. The van der Waals surface area contributed by atoms with E-state index in [-0.39, 0.29) is 5.54 Å². The summed E-state index contributed by atoms with van der Waals surface area (Å²) in [5.41, 5.74) is -0.309. The molecule has 0 aromatic carbocycles. The van der Waals surface area contributed by atoms with E-state index in [0.717, 1.165) is 39.1 Å². The van der Waals surface area contributed by atoms with Crippen molar-refractivity contribution in [3.63, 3.8) is 0 Å². The number of nitrogens with zero attached hydrogens (tertiary/aromatic N) is 2. The summed E-state index contributed by atoms with van der Waals surface area (Å²) in [6.07, 6.45) is 2.82. The Balaban J connectivity index is 2.24. The normalized spacial score (nSPS) is 30.5.